The minimum Gasteiger partial charge on any atom is -0.339 e. The Hall–Kier alpha value is -1.59. The van der Waals surface area contributed by atoms with Crippen LogP contribution in [-0.4, -0.2) is 71.2 Å². The second-order valence-electron chi connectivity index (χ2n) is 6.36. The zero-order valence-corrected chi connectivity index (χ0v) is 12.6. The lowest BCUT2D eigenvalue weighted by Crippen LogP contribution is -2.51. The van der Waals surface area contributed by atoms with Gasteiger partial charge in [0.05, 0.1) is 5.92 Å². The third-order valence-corrected chi connectivity index (χ3v) is 5.06. The van der Waals surface area contributed by atoms with E-state index in [-0.39, 0.29) is 23.6 Å². The van der Waals surface area contributed by atoms with Gasteiger partial charge < -0.3 is 14.7 Å². The molecule has 3 amide bonds. The Morgan fingerprint density at radius 3 is 2.19 bits per heavy atom. The number of hydrogen-bond acceptors (Lipinski definition) is 3. The van der Waals surface area contributed by atoms with E-state index in [1.54, 1.807) is 11.8 Å². The highest BCUT2D eigenvalue weighted by Gasteiger charge is 2.41. The minimum atomic E-state index is -0.179. The average molecular weight is 293 g/mol. The van der Waals surface area contributed by atoms with E-state index in [0.717, 1.165) is 12.8 Å². The summed E-state index contributed by atoms with van der Waals surface area (Å²) in [5.41, 5.74) is 0. The number of amides is 3. The Morgan fingerprint density at radius 1 is 1.05 bits per heavy atom. The zero-order valence-electron chi connectivity index (χ0n) is 12.6. The molecule has 0 aromatic carbocycles. The molecule has 0 spiro atoms. The number of piperazine rings is 1. The first-order valence-electron chi connectivity index (χ1n) is 7.90. The topological polar surface area (TPSA) is 60.9 Å². The summed E-state index contributed by atoms with van der Waals surface area (Å²) in [5.74, 6) is 0.116. The van der Waals surface area contributed by atoms with Crippen molar-refractivity contribution in [1.29, 1.82) is 0 Å². The van der Waals surface area contributed by atoms with Crippen molar-refractivity contribution in [3.8, 4) is 0 Å². The van der Waals surface area contributed by atoms with Crippen molar-refractivity contribution in [1.82, 2.24) is 14.7 Å². The zero-order chi connectivity index (χ0) is 15.0. The number of carbonyl (C=O) groups excluding carboxylic acids is 3. The van der Waals surface area contributed by atoms with E-state index in [9.17, 15) is 14.4 Å². The summed E-state index contributed by atoms with van der Waals surface area (Å²) in [6, 6.07) is 0.380. The number of carbonyl (C=O) groups is 3. The molecule has 6 nitrogen and oxygen atoms in total. The minimum absolute atomic E-state index is 0.0642. The molecule has 0 aromatic rings. The Labute approximate surface area is 125 Å². The molecule has 3 aliphatic rings. The van der Waals surface area contributed by atoms with Gasteiger partial charge in [-0.3, -0.25) is 14.4 Å². The fourth-order valence-corrected chi connectivity index (χ4v) is 3.45. The molecule has 0 radical (unpaired) electrons. The SMILES string of the molecule is CC(=O)N1CCN(C(=O)C2CC(=O)N(C3CCC3)C2)CC1. The van der Waals surface area contributed by atoms with Gasteiger partial charge in [-0.15, -0.1) is 0 Å². The van der Waals surface area contributed by atoms with Crippen LogP contribution in [0.5, 0.6) is 0 Å². The molecule has 0 N–H and O–H groups in total. The molecule has 2 saturated heterocycles. The monoisotopic (exact) mass is 293 g/mol. The molecular formula is C15H23N3O3. The number of nitrogens with zero attached hydrogens (tertiary/aromatic N) is 3. The molecule has 1 aliphatic carbocycles. The molecule has 21 heavy (non-hydrogen) atoms. The van der Waals surface area contributed by atoms with E-state index in [0.29, 0.717) is 45.2 Å². The van der Waals surface area contributed by atoms with Gasteiger partial charge in [0.25, 0.3) is 0 Å². The van der Waals surface area contributed by atoms with Gasteiger partial charge in [0.1, 0.15) is 0 Å². The van der Waals surface area contributed by atoms with Gasteiger partial charge in [-0.1, -0.05) is 0 Å². The van der Waals surface area contributed by atoms with Crippen LogP contribution in [0.15, 0.2) is 0 Å². The predicted molar refractivity (Wildman–Crippen MR) is 76.3 cm³/mol. The maximum Gasteiger partial charge on any atom is 0.228 e. The smallest absolute Gasteiger partial charge is 0.228 e. The molecule has 1 atom stereocenters. The Morgan fingerprint density at radius 2 is 1.67 bits per heavy atom. The molecular weight excluding hydrogens is 270 g/mol. The first kappa shape index (κ1) is 14.4. The standard InChI is InChI=1S/C15H23N3O3/c1-11(19)16-5-7-17(8-6-16)15(21)12-9-14(20)18(10-12)13-3-2-4-13/h12-13H,2-10H2,1H3. The van der Waals surface area contributed by atoms with Crippen LogP contribution in [0.2, 0.25) is 0 Å². The van der Waals surface area contributed by atoms with Crippen molar-refractivity contribution >= 4 is 17.7 Å². The molecule has 3 rings (SSSR count). The normalized spacial score (nSPS) is 27.0. The van der Waals surface area contributed by atoms with Crippen LogP contribution >= 0.6 is 0 Å². The molecule has 6 heteroatoms. The van der Waals surface area contributed by atoms with Crippen molar-refractivity contribution in [3.05, 3.63) is 0 Å². The van der Waals surface area contributed by atoms with Gasteiger partial charge in [0, 0.05) is 52.1 Å². The van der Waals surface area contributed by atoms with Gasteiger partial charge in [-0.25, -0.2) is 0 Å². The van der Waals surface area contributed by atoms with Crippen molar-refractivity contribution in [2.45, 2.75) is 38.6 Å². The Kier molecular flexibility index (Phi) is 3.87. The van der Waals surface area contributed by atoms with Crippen LogP contribution in [0.1, 0.15) is 32.6 Å². The third-order valence-electron chi connectivity index (χ3n) is 5.06. The average Bonchev–Trinajstić information content (AvgIpc) is 2.78. The quantitative estimate of drug-likeness (QED) is 0.724. The molecule has 2 heterocycles. The largest absolute Gasteiger partial charge is 0.339 e. The van der Waals surface area contributed by atoms with E-state index in [1.165, 1.54) is 6.42 Å². The maximum atomic E-state index is 12.5. The number of hydrogen-bond donors (Lipinski definition) is 0. The highest BCUT2D eigenvalue weighted by atomic mass is 16.2. The number of rotatable bonds is 2. The molecule has 116 valence electrons. The summed E-state index contributed by atoms with van der Waals surface area (Å²) in [5, 5.41) is 0. The predicted octanol–water partition coefficient (Wildman–Crippen LogP) is 0.0781. The van der Waals surface area contributed by atoms with Crippen molar-refractivity contribution in [2.24, 2.45) is 5.92 Å². The van der Waals surface area contributed by atoms with E-state index in [2.05, 4.69) is 0 Å². The second-order valence-corrected chi connectivity index (χ2v) is 6.36. The van der Waals surface area contributed by atoms with Crippen molar-refractivity contribution in [3.63, 3.8) is 0 Å². The summed E-state index contributed by atoms with van der Waals surface area (Å²) < 4.78 is 0. The van der Waals surface area contributed by atoms with Crippen LogP contribution in [0.25, 0.3) is 0 Å². The fraction of sp³-hybridized carbons (Fsp3) is 0.800. The lowest BCUT2D eigenvalue weighted by Gasteiger charge is -2.36. The molecule has 2 aliphatic heterocycles. The molecule has 1 unspecified atom stereocenters. The van der Waals surface area contributed by atoms with Crippen LogP contribution in [0.4, 0.5) is 0 Å². The summed E-state index contributed by atoms with van der Waals surface area (Å²) >= 11 is 0. The Balaban J connectivity index is 1.54. The summed E-state index contributed by atoms with van der Waals surface area (Å²) in [4.78, 5) is 41.4. The third kappa shape index (κ3) is 2.76. The molecule has 0 aromatic heterocycles. The van der Waals surface area contributed by atoms with E-state index in [1.807, 2.05) is 9.80 Å². The van der Waals surface area contributed by atoms with Gasteiger partial charge in [-0.2, -0.15) is 0 Å². The maximum absolute atomic E-state index is 12.5. The van der Waals surface area contributed by atoms with E-state index in [4.69, 9.17) is 0 Å². The van der Waals surface area contributed by atoms with Gasteiger partial charge in [0.15, 0.2) is 0 Å². The molecule has 3 fully saturated rings. The van der Waals surface area contributed by atoms with Crippen LogP contribution in [0.3, 0.4) is 0 Å². The highest BCUT2D eigenvalue weighted by Crippen LogP contribution is 2.31. The summed E-state index contributed by atoms with van der Waals surface area (Å²) in [6.07, 6.45) is 3.73. The number of likely N-dealkylation sites (tertiary alicyclic amines) is 1. The first-order chi connectivity index (χ1) is 10.1. The van der Waals surface area contributed by atoms with Crippen LogP contribution < -0.4 is 0 Å². The van der Waals surface area contributed by atoms with Gasteiger partial charge >= 0.3 is 0 Å². The second kappa shape index (κ2) is 5.66. The van der Waals surface area contributed by atoms with Crippen LogP contribution in [-0.2, 0) is 14.4 Å². The van der Waals surface area contributed by atoms with Crippen LogP contribution in [0, 0.1) is 5.92 Å². The molecule has 0 bridgehead atoms. The molecule has 1 saturated carbocycles. The highest BCUT2D eigenvalue weighted by molar-refractivity contribution is 5.89. The van der Waals surface area contributed by atoms with Gasteiger partial charge in [-0.05, 0) is 19.3 Å². The fourth-order valence-electron chi connectivity index (χ4n) is 3.45. The van der Waals surface area contributed by atoms with Crippen molar-refractivity contribution < 1.29 is 14.4 Å². The van der Waals surface area contributed by atoms with Crippen molar-refractivity contribution in [2.75, 3.05) is 32.7 Å². The van der Waals surface area contributed by atoms with E-state index < -0.39 is 0 Å². The lowest BCUT2D eigenvalue weighted by atomic mass is 9.92. The lowest BCUT2D eigenvalue weighted by molar-refractivity contribution is -0.141. The van der Waals surface area contributed by atoms with Gasteiger partial charge in [0.2, 0.25) is 17.7 Å². The first-order valence-corrected chi connectivity index (χ1v) is 7.90. The van der Waals surface area contributed by atoms with E-state index >= 15 is 0 Å². The summed E-state index contributed by atoms with van der Waals surface area (Å²) in [6.45, 7) is 4.54. The Bertz CT molecular complexity index is 453. The summed E-state index contributed by atoms with van der Waals surface area (Å²) in [7, 11) is 0.